The van der Waals surface area contributed by atoms with E-state index in [1.54, 1.807) is 6.26 Å². The van der Waals surface area contributed by atoms with Gasteiger partial charge in [0.15, 0.2) is 0 Å². The Bertz CT molecular complexity index is 367. The Morgan fingerprint density at radius 2 is 2.10 bits per heavy atom. The molecule has 1 aromatic heterocycles. The van der Waals surface area contributed by atoms with Gasteiger partial charge in [0.05, 0.1) is 12.3 Å². The van der Waals surface area contributed by atoms with E-state index in [4.69, 9.17) is 4.42 Å². The number of piperidine rings is 1. The molecule has 0 radical (unpaired) electrons. The van der Waals surface area contributed by atoms with E-state index < -0.39 is 0 Å². The molecule has 0 aromatic carbocycles. The molecule has 4 heteroatoms. The lowest BCUT2D eigenvalue weighted by atomic mass is 9.98. The van der Waals surface area contributed by atoms with Crippen LogP contribution in [0.5, 0.6) is 0 Å². The van der Waals surface area contributed by atoms with Gasteiger partial charge in [0.25, 0.3) is 0 Å². The molecule has 2 fully saturated rings. The zero-order valence-electron chi connectivity index (χ0n) is 12.3. The highest BCUT2D eigenvalue weighted by atomic mass is 16.3. The summed E-state index contributed by atoms with van der Waals surface area (Å²) in [5.74, 6) is 1.96. The first-order valence-corrected chi connectivity index (χ1v) is 8.12. The molecule has 20 heavy (non-hydrogen) atoms. The van der Waals surface area contributed by atoms with E-state index in [9.17, 15) is 0 Å². The van der Waals surface area contributed by atoms with Gasteiger partial charge >= 0.3 is 0 Å². The first-order chi connectivity index (χ1) is 9.93. The van der Waals surface area contributed by atoms with Gasteiger partial charge in [-0.3, -0.25) is 4.90 Å². The summed E-state index contributed by atoms with van der Waals surface area (Å²) in [6.07, 6.45) is 7.06. The smallest absolute Gasteiger partial charge is 0.122 e. The van der Waals surface area contributed by atoms with E-state index >= 15 is 0 Å². The Kier molecular flexibility index (Phi) is 5.12. The SMILES string of the molecule is c1coc(C(CNCC2CCNCC2)N2CCCC2)c1. The number of nitrogens with zero attached hydrogens (tertiary/aromatic N) is 1. The first-order valence-electron chi connectivity index (χ1n) is 8.12. The van der Waals surface area contributed by atoms with Gasteiger partial charge in [0, 0.05) is 6.54 Å². The summed E-state index contributed by atoms with van der Waals surface area (Å²) in [6.45, 7) is 6.94. The van der Waals surface area contributed by atoms with Crippen molar-refractivity contribution in [3.63, 3.8) is 0 Å². The van der Waals surface area contributed by atoms with Crippen LogP contribution in [0.2, 0.25) is 0 Å². The van der Waals surface area contributed by atoms with Crippen molar-refractivity contribution in [2.45, 2.75) is 31.7 Å². The number of hydrogen-bond donors (Lipinski definition) is 2. The maximum atomic E-state index is 5.66. The molecule has 0 amide bonds. The second-order valence-corrected chi connectivity index (χ2v) is 6.13. The minimum atomic E-state index is 0.411. The average Bonchev–Trinajstić information content (AvgIpc) is 3.18. The number of furan rings is 1. The molecule has 3 heterocycles. The number of nitrogens with one attached hydrogen (secondary N) is 2. The van der Waals surface area contributed by atoms with E-state index in [-0.39, 0.29) is 0 Å². The Balaban J connectivity index is 1.50. The molecule has 0 aliphatic carbocycles. The van der Waals surface area contributed by atoms with Crippen molar-refractivity contribution < 1.29 is 4.42 Å². The normalized spacial score (nSPS) is 23.2. The van der Waals surface area contributed by atoms with Gasteiger partial charge in [-0.25, -0.2) is 0 Å². The van der Waals surface area contributed by atoms with Crippen LogP contribution in [0.25, 0.3) is 0 Å². The monoisotopic (exact) mass is 277 g/mol. The van der Waals surface area contributed by atoms with E-state index in [1.165, 1.54) is 51.9 Å². The summed E-state index contributed by atoms with van der Waals surface area (Å²) in [5.41, 5.74) is 0. The maximum absolute atomic E-state index is 5.66. The lowest BCUT2D eigenvalue weighted by molar-refractivity contribution is 0.205. The zero-order chi connectivity index (χ0) is 13.6. The van der Waals surface area contributed by atoms with E-state index in [0.29, 0.717) is 6.04 Å². The predicted octanol–water partition coefficient (Wildman–Crippen LogP) is 2.01. The lowest BCUT2D eigenvalue weighted by Gasteiger charge is -2.28. The van der Waals surface area contributed by atoms with Crippen LogP contribution in [0, 0.1) is 5.92 Å². The molecule has 2 saturated heterocycles. The fourth-order valence-corrected chi connectivity index (χ4v) is 3.45. The first kappa shape index (κ1) is 14.1. The Morgan fingerprint density at radius 3 is 2.80 bits per heavy atom. The second kappa shape index (κ2) is 7.25. The molecule has 2 N–H and O–H groups in total. The highest BCUT2D eigenvalue weighted by molar-refractivity contribution is 5.06. The summed E-state index contributed by atoms with van der Waals surface area (Å²) < 4.78 is 5.66. The van der Waals surface area contributed by atoms with Crippen LogP contribution < -0.4 is 10.6 Å². The highest BCUT2D eigenvalue weighted by Gasteiger charge is 2.25. The molecular weight excluding hydrogens is 250 g/mol. The fraction of sp³-hybridized carbons (Fsp3) is 0.750. The van der Waals surface area contributed by atoms with Gasteiger partial charge in [-0.1, -0.05) is 0 Å². The van der Waals surface area contributed by atoms with Crippen LogP contribution in [0.15, 0.2) is 22.8 Å². The zero-order valence-corrected chi connectivity index (χ0v) is 12.3. The van der Waals surface area contributed by atoms with Crippen LogP contribution in [0.3, 0.4) is 0 Å². The topological polar surface area (TPSA) is 40.4 Å². The number of rotatable bonds is 6. The molecule has 1 atom stereocenters. The summed E-state index contributed by atoms with van der Waals surface area (Å²) in [5, 5.41) is 7.12. The third-order valence-electron chi connectivity index (χ3n) is 4.68. The van der Waals surface area contributed by atoms with Gasteiger partial charge in [-0.2, -0.15) is 0 Å². The second-order valence-electron chi connectivity index (χ2n) is 6.13. The molecule has 2 aliphatic rings. The lowest BCUT2D eigenvalue weighted by Crippen LogP contribution is -2.38. The largest absolute Gasteiger partial charge is 0.468 e. The van der Waals surface area contributed by atoms with Crippen LogP contribution >= 0.6 is 0 Å². The van der Waals surface area contributed by atoms with Gasteiger partial charge in [-0.05, 0) is 76.5 Å². The fourth-order valence-electron chi connectivity index (χ4n) is 3.45. The van der Waals surface area contributed by atoms with Crippen LogP contribution in [-0.2, 0) is 0 Å². The van der Waals surface area contributed by atoms with E-state index in [0.717, 1.165) is 24.8 Å². The number of likely N-dealkylation sites (tertiary alicyclic amines) is 1. The molecule has 1 aromatic rings. The van der Waals surface area contributed by atoms with Crippen LogP contribution in [0.1, 0.15) is 37.5 Å². The molecule has 2 aliphatic heterocycles. The minimum Gasteiger partial charge on any atom is -0.468 e. The van der Waals surface area contributed by atoms with Gasteiger partial charge in [-0.15, -0.1) is 0 Å². The summed E-state index contributed by atoms with van der Waals surface area (Å²) >= 11 is 0. The summed E-state index contributed by atoms with van der Waals surface area (Å²) in [6, 6.07) is 4.54. The van der Waals surface area contributed by atoms with E-state index in [1.807, 2.05) is 6.07 Å². The van der Waals surface area contributed by atoms with Crippen molar-refractivity contribution >= 4 is 0 Å². The van der Waals surface area contributed by atoms with Gasteiger partial charge in [0.2, 0.25) is 0 Å². The van der Waals surface area contributed by atoms with Crippen molar-refractivity contribution in [3.8, 4) is 0 Å². The Labute approximate surface area is 121 Å². The molecule has 0 bridgehead atoms. The van der Waals surface area contributed by atoms with Gasteiger partial charge < -0.3 is 15.1 Å². The maximum Gasteiger partial charge on any atom is 0.122 e. The van der Waals surface area contributed by atoms with Crippen molar-refractivity contribution in [2.24, 2.45) is 5.92 Å². The molecule has 4 nitrogen and oxygen atoms in total. The predicted molar refractivity (Wildman–Crippen MR) is 80.7 cm³/mol. The van der Waals surface area contributed by atoms with Crippen molar-refractivity contribution in [1.29, 1.82) is 0 Å². The Morgan fingerprint density at radius 1 is 1.30 bits per heavy atom. The molecule has 3 rings (SSSR count). The third-order valence-corrected chi connectivity index (χ3v) is 4.68. The quantitative estimate of drug-likeness (QED) is 0.834. The summed E-state index contributed by atoms with van der Waals surface area (Å²) in [4.78, 5) is 2.56. The van der Waals surface area contributed by atoms with Crippen molar-refractivity contribution in [1.82, 2.24) is 15.5 Å². The van der Waals surface area contributed by atoms with Crippen molar-refractivity contribution in [3.05, 3.63) is 24.2 Å². The number of hydrogen-bond acceptors (Lipinski definition) is 4. The van der Waals surface area contributed by atoms with Gasteiger partial charge in [0.1, 0.15) is 5.76 Å². The minimum absolute atomic E-state index is 0.411. The Hall–Kier alpha value is -0.840. The van der Waals surface area contributed by atoms with E-state index in [2.05, 4.69) is 21.6 Å². The van der Waals surface area contributed by atoms with Crippen LogP contribution in [0.4, 0.5) is 0 Å². The molecule has 0 spiro atoms. The van der Waals surface area contributed by atoms with Crippen molar-refractivity contribution in [2.75, 3.05) is 39.3 Å². The third kappa shape index (κ3) is 3.62. The van der Waals surface area contributed by atoms with Crippen LogP contribution in [-0.4, -0.2) is 44.2 Å². The molecular formula is C16H27N3O. The highest BCUT2D eigenvalue weighted by Crippen LogP contribution is 2.25. The standard InChI is InChI=1S/C16H27N3O/c1-2-10-19(9-1)15(16-4-3-11-20-16)13-18-12-14-5-7-17-8-6-14/h3-4,11,14-15,17-18H,1-2,5-10,12-13H2. The molecule has 1 unspecified atom stereocenters. The molecule has 0 saturated carbocycles. The average molecular weight is 277 g/mol. The summed E-state index contributed by atoms with van der Waals surface area (Å²) in [7, 11) is 0. The molecule has 112 valence electrons.